The van der Waals surface area contributed by atoms with Gasteiger partial charge < -0.3 is 9.84 Å². The third kappa shape index (κ3) is 3.25. The lowest BCUT2D eigenvalue weighted by atomic mass is 10.0. The standard InChI is InChI=1S/C20H19NO4S/c1-13-7-9-14(10-8-13)21-19(23)17(18(20(21)24)26-12-11-22)15-5-3-4-6-16(15)25-2/h3-10,22H,11-12H2,1-2H3. The van der Waals surface area contributed by atoms with E-state index in [9.17, 15) is 14.7 Å². The van der Waals surface area contributed by atoms with Crippen molar-refractivity contribution in [3.05, 3.63) is 64.6 Å². The molecule has 1 aliphatic heterocycles. The summed E-state index contributed by atoms with van der Waals surface area (Å²) in [6.07, 6.45) is 0. The first-order valence-corrected chi connectivity index (χ1v) is 9.13. The molecule has 1 aliphatic rings. The molecule has 3 rings (SSSR count). The van der Waals surface area contributed by atoms with Gasteiger partial charge in [0.25, 0.3) is 11.8 Å². The number of thioether (sulfide) groups is 1. The number of benzene rings is 2. The summed E-state index contributed by atoms with van der Waals surface area (Å²) in [5.41, 5.74) is 2.45. The molecule has 6 heteroatoms. The van der Waals surface area contributed by atoms with Crippen LogP contribution in [-0.4, -0.2) is 36.4 Å². The van der Waals surface area contributed by atoms with Gasteiger partial charge in [-0.25, -0.2) is 4.90 Å². The van der Waals surface area contributed by atoms with Crippen molar-refractivity contribution in [2.75, 3.05) is 24.4 Å². The Morgan fingerprint density at radius 3 is 2.38 bits per heavy atom. The number of rotatable bonds is 6. The summed E-state index contributed by atoms with van der Waals surface area (Å²) in [6.45, 7) is 1.86. The number of aliphatic hydroxyl groups is 1. The molecule has 0 saturated heterocycles. The molecule has 0 atom stereocenters. The average molecular weight is 369 g/mol. The normalized spacial score (nSPS) is 14.3. The summed E-state index contributed by atoms with van der Waals surface area (Å²) in [5.74, 6) is 0.0906. The number of anilines is 1. The van der Waals surface area contributed by atoms with E-state index in [0.717, 1.165) is 5.56 Å². The third-order valence-corrected chi connectivity index (χ3v) is 5.10. The van der Waals surface area contributed by atoms with E-state index in [-0.39, 0.29) is 18.4 Å². The zero-order valence-corrected chi connectivity index (χ0v) is 15.4. The predicted molar refractivity (Wildman–Crippen MR) is 103 cm³/mol. The number of para-hydroxylation sites is 1. The Bertz CT molecular complexity index is 874. The maximum Gasteiger partial charge on any atom is 0.272 e. The molecule has 0 radical (unpaired) electrons. The number of amides is 2. The number of aryl methyl sites for hydroxylation is 1. The minimum atomic E-state index is -0.385. The highest BCUT2D eigenvalue weighted by atomic mass is 32.2. The van der Waals surface area contributed by atoms with Crippen LogP contribution < -0.4 is 9.64 Å². The molecule has 2 amide bonds. The highest BCUT2D eigenvalue weighted by Crippen LogP contribution is 2.41. The van der Waals surface area contributed by atoms with Crippen molar-refractivity contribution in [3.8, 4) is 5.75 Å². The molecule has 134 valence electrons. The number of methoxy groups -OCH3 is 1. The van der Waals surface area contributed by atoms with E-state index >= 15 is 0 Å². The fourth-order valence-electron chi connectivity index (χ4n) is 2.81. The van der Waals surface area contributed by atoms with E-state index in [4.69, 9.17) is 4.74 Å². The van der Waals surface area contributed by atoms with Crippen LogP contribution in [0.4, 0.5) is 5.69 Å². The Morgan fingerprint density at radius 1 is 1.04 bits per heavy atom. The first-order chi connectivity index (χ1) is 12.6. The third-order valence-electron chi connectivity index (χ3n) is 4.05. The number of hydrogen-bond donors (Lipinski definition) is 1. The van der Waals surface area contributed by atoms with Crippen LogP contribution in [0.15, 0.2) is 53.4 Å². The van der Waals surface area contributed by atoms with Gasteiger partial charge in [0, 0.05) is 11.3 Å². The molecule has 0 bridgehead atoms. The van der Waals surface area contributed by atoms with Gasteiger partial charge in [0.05, 0.1) is 29.9 Å². The minimum Gasteiger partial charge on any atom is -0.496 e. The van der Waals surface area contributed by atoms with Gasteiger partial charge in [0.2, 0.25) is 0 Å². The van der Waals surface area contributed by atoms with Gasteiger partial charge >= 0.3 is 0 Å². The molecular formula is C20H19NO4S. The van der Waals surface area contributed by atoms with Gasteiger partial charge in [0.1, 0.15) is 5.75 Å². The Balaban J connectivity index is 2.11. The first-order valence-electron chi connectivity index (χ1n) is 8.15. The Hall–Kier alpha value is -2.57. The number of ether oxygens (including phenoxy) is 1. The second-order valence-electron chi connectivity index (χ2n) is 5.76. The lowest BCUT2D eigenvalue weighted by Gasteiger charge is -2.15. The SMILES string of the molecule is COc1ccccc1C1=C(SCCO)C(=O)N(c2ccc(C)cc2)C1=O. The van der Waals surface area contributed by atoms with Gasteiger partial charge in [-0.2, -0.15) is 0 Å². The van der Waals surface area contributed by atoms with Crippen LogP contribution in [0.3, 0.4) is 0 Å². The molecular weight excluding hydrogens is 350 g/mol. The van der Waals surface area contributed by atoms with Crippen molar-refractivity contribution in [1.29, 1.82) is 0 Å². The quantitative estimate of drug-likeness (QED) is 0.793. The lowest BCUT2D eigenvalue weighted by molar-refractivity contribution is -0.119. The number of nitrogens with zero attached hydrogens (tertiary/aromatic N) is 1. The van der Waals surface area contributed by atoms with Crippen LogP contribution >= 0.6 is 11.8 Å². The average Bonchev–Trinajstić information content (AvgIpc) is 2.90. The highest BCUT2D eigenvalue weighted by Gasteiger charge is 2.40. The number of carbonyl (C=O) groups excluding carboxylic acids is 2. The largest absolute Gasteiger partial charge is 0.496 e. The summed E-state index contributed by atoms with van der Waals surface area (Å²) in [6, 6.07) is 14.3. The van der Waals surface area contributed by atoms with Gasteiger partial charge in [-0.3, -0.25) is 9.59 Å². The molecule has 1 N–H and O–H groups in total. The molecule has 2 aromatic rings. The molecule has 0 spiro atoms. The molecule has 0 unspecified atom stereocenters. The van der Waals surface area contributed by atoms with Gasteiger partial charge in [0.15, 0.2) is 0 Å². The van der Waals surface area contributed by atoms with E-state index in [0.29, 0.717) is 33.2 Å². The number of aliphatic hydroxyl groups excluding tert-OH is 1. The lowest BCUT2D eigenvalue weighted by Crippen LogP contribution is -2.31. The maximum absolute atomic E-state index is 13.2. The zero-order valence-electron chi connectivity index (χ0n) is 14.6. The van der Waals surface area contributed by atoms with Gasteiger partial charge in [-0.15, -0.1) is 11.8 Å². The molecule has 0 aromatic heterocycles. The zero-order chi connectivity index (χ0) is 18.7. The van der Waals surface area contributed by atoms with Gasteiger partial charge in [-0.1, -0.05) is 35.9 Å². The van der Waals surface area contributed by atoms with E-state index in [1.54, 1.807) is 30.3 Å². The smallest absolute Gasteiger partial charge is 0.272 e. The summed E-state index contributed by atoms with van der Waals surface area (Å²) in [7, 11) is 1.53. The fourth-order valence-corrected chi connectivity index (χ4v) is 3.66. The number of hydrogen-bond acceptors (Lipinski definition) is 5. The first kappa shape index (κ1) is 18.2. The van der Waals surface area contributed by atoms with Crippen LogP contribution in [0.1, 0.15) is 11.1 Å². The molecule has 1 heterocycles. The number of imide groups is 1. The van der Waals surface area contributed by atoms with E-state index in [2.05, 4.69) is 0 Å². The summed E-state index contributed by atoms with van der Waals surface area (Å²) in [4.78, 5) is 27.7. The Kier molecular flexibility index (Phi) is 5.44. The summed E-state index contributed by atoms with van der Waals surface area (Å²) in [5, 5.41) is 9.17. The van der Waals surface area contributed by atoms with Crippen molar-refractivity contribution in [2.45, 2.75) is 6.92 Å². The topological polar surface area (TPSA) is 66.8 Å². The molecule has 5 nitrogen and oxygen atoms in total. The Morgan fingerprint density at radius 2 is 1.73 bits per heavy atom. The predicted octanol–water partition coefficient (Wildman–Crippen LogP) is 3.01. The number of carbonyl (C=O) groups is 2. The second kappa shape index (κ2) is 7.76. The van der Waals surface area contributed by atoms with Crippen LogP contribution in [0.25, 0.3) is 5.57 Å². The van der Waals surface area contributed by atoms with E-state index < -0.39 is 0 Å². The molecule has 0 aliphatic carbocycles. The van der Waals surface area contributed by atoms with Crippen molar-refractivity contribution in [1.82, 2.24) is 0 Å². The van der Waals surface area contributed by atoms with E-state index in [1.165, 1.54) is 23.8 Å². The summed E-state index contributed by atoms with van der Waals surface area (Å²) >= 11 is 1.18. The molecule has 0 saturated carbocycles. The van der Waals surface area contributed by atoms with Crippen LogP contribution in [0.5, 0.6) is 5.75 Å². The fraction of sp³-hybridized carbons (Fsp3) is 0.200. The van der Waals surface area contributed by atoms with Gasteiger partial charge in [-0.05, 0) is 25.1 Å². The van der Waals surface area contributed by atoms with E-state index in [1.807, 2.05) is 25.1 Å². The van der Waals surface area contributed by atoms with Crippen molar-refractivity contribution in [2.24, 2.45) is 0 Å². The maximum atomic E-state index is 13.2. The summed E-state index contributed by atoms with van der Waals surface area (Å²) < 4.78 is 5.38. The molecule has 2 aromatic carbocycles. The van der Waals surface area contributed by atoms with Crippen LogP contribution in [0.2, 0.25) is 0 Å². The minimum absolute atomic E-state index is 0.0840. The Labute approximate surface area is 156 Å². The highest BCUT2D eigenvalue weighted by molar-refractivity contribution is 8.04. The van der Waals surface area contributed by atoms with Crippen LogP contribution in [0, 0.1) is 6.92 Å². The molecule has 0 fully saturated rings. The van der Waals surface area contributed by atoms with Crippen molar-refractivity contribution < 1.29 is 19.4 Å². The van der Waals surface area contributed by atoms with Crippen molar-refractivity contribution >= 4 is 34.8 Å². The van der Waals surface area contributed by atoms with Crippen molar-refractivity contribution in [3.63, 3.8) is 0 Å². The van der Waals surface area contributed by atoms with Crippen LogP contribution in [-0.2, 0) is 9.59 Å². The monoisotopic (exact) mass is 369 g/mol. The molecule has 26 heavy (non-hydrogen) atoms. The second-order valence-corrected chi connectivity index (χ2v) is 6.86.